The minimum atomic E-state index is -2.17. The third kappa shape index (κ3) is 6.06. The van der Waals surface area contributed by atoms with Gasteiger partial charge in [0.05, 0.1) is 11.1 Å². The fraction of sp³-hybridized carbons (Fsp3) is 0.346. The maximum atomic E-state index is 13.9. The van der Waals surface area contributed by atoms with Crippen LogP contribution in [0.1, 0.15) is 44.4 Å². The highest BCUT2D eigenvalue weighted by molar-refractivity contribution is 6.31. The highest BCUT2D eigenvalue weighted by Gasteiger charge is 2.41. The lowest BCUT2D eigenvalue weighted by molar-refractivity contribution is -0.130. The van der Waals surface area contributed by atoms with Gasteiger partial charge in [-0.1, -0.05) is 42.4 Å². The number of aliphatic hydroxyl groups excluding tert-OH is 1. The van der Waals surface area contributed by atoms with Crippen LogP contribution in [0.5, 0.6) is 0 Å². The molecule has 1 heterocycles. The molecule has 0 aliphatic heterocycles. The summed E-state index contributed by atoms with van der Waals surface area (Å²) in [6.45, 7) is 5.03. The van der Waals surface area contributed by atoms with E-state index < -0.39 is 28.4 Å². The Labute approximate surface area is 206 Å². The standard InChI is InChI=1S/C26H26ClFN2O5/c1-16-20-14-18(8-9-19(20)23(32)35-30-16)29-24(33)26(34,11-5-4-6-12-31)15-25(2,3)21-13-17(28)7-10-22(21)27/h7-10,13-14,31,34H,4,6,12,15H2,1-3H3,(H,29,33). The molecule has 2 aromatic carbocycles. The molecule has 7 nitrogen and oxygen atoms in total. The van der Waals surface area contributed by atoms with Crippen molar-refractivity contribution >= 4 is 34.0 Å². The van der Waals surface area contributed by atoms with E-state index in [0.29, 0.717) is 39.2 Å². The Balaban J connectivity index is 1.97. The molecule has 0 aliphatic carbocycles. The van der Waals surface area contributed by atoms with Gasteiger partial charge in [0.25, 0.3) is 5.91 Å². The smallest absolute Gasteiger partial charge is 0.366 e. The molecule has 9 heteroatoms. The molecule has 0 radical (unpaired) electrons. The molecule has 35 heavy (non-hydrogen) atoms. The number of nitrogens with zero attached hydrogens (tertiary/aromatic N) is 1. The Morgan fingerprint density at radius 3 is 2.69 bits per heavy atom. The molecule has 0 spiro atoms. The first-order valence-corrected chi connectivity index (χ1v) is 11.4. The lowest BCUT2D eigenvalue weighted by Crippen LogP contribution is -2.46. The summed E-state index contributed by atoms with van der Waals surface area (Å²) in [7, 11) is 0. The highest BCUT2D eigenvalue weighted by Crippen LogP contribution is 2.37. The van der Waals surface area contributed by atoms with Crippen molar-refractivity contribution in [1.82, 2.24) is 5.16 Å². The fourth-order valence-corrected chi connectivity index (χ4v) is 4.22. The molecule has 0 saturated heterocycles. The van der Waals surface area contributed by atoms with Gasteiger partial charge < -0.3 is 20.1 Å². The number of nitrogens with one attached hydrogen (secondary N) is 1. The van der Waals surface area contributed by atoms with E-state index in [2.05, 4.69) is 22.3 Å². The Hall–Kier alpha value is -3.25. The average molecular weight is 501 g/mol. The zero-order valence-corrected chi connectivity index (χ0v) is 20.4. The van der Waals surface area contributed by atoms with E-state index in [0.717, 1.165) is 0 Å². The number of halogens is 2. The van der Waals surface area contributed by atoms with Crippen molar-refractivity contribution in [2.24, 2.45) is 0 Å². The Kier molecular flexibility index (Phi) is 7.96. The quantitative estimate of drug-likeness (QED) is 0.332. The zero-order chi connectivity index (χ0) is 25.8. The average Bonchev–Trinajstić information content (AvgIpc) is 2.80. The number of amides is 1. The van der Waals surface area contributed by atoms with Crippen LogP contribution in [0.3, 0.4) is 0 Å². The van der Waals surface area contributed by atoms with Crippen molar-refractivity contribution in [3.63, 3.8) is 0 Å². The van der Waals surface area contributed by atoms with Gasteiger partial charge in [-0.15, -0.1) is 0 Å². The normalized spacial score (nSPS) is 13.1. The monoisotopic (exact) mass is 500 g/mol. The second-order valence-electron chi connectivity index (χ2n) is 8.94. The number of benzene rings is 2. The maximum absolute atomic E-state index is 13.9. The van der Waals surface area contributed by atoms with Crippen LogP contribution < -0.4 is 10.9 Å². The summed E-state index contributed by atoms with van der Waals surface area (Å²) >= 11 is 6.30. The molecule has 0 fully saturated rings. The Morgan fingerprint density at radius 1 is 1.23 bits per heavy atom. The van der Waals surface area contributed by atoms with Crippen LogP contribution in [0.25, 0.3) is 10.8 Å². The van der Waals surface area contributed by atoms with Crippen molar-refractivity contribution < 1.29 is 23.9 Å². The van der Waals surface area contributed by atoms with E-state index in [1.54, 1.807) is 26.8 Å². The predicted octanol–water partition coefficient (Wildman–Crippen LogP) is 4.10. The molecule has 184 valence electrons. The summed E-state index contributed by atoms with van der Waals surface area (Å²) in [5.41, 5.74) is -2.54. The molecule has 1 aromatic heterocycles. The van der Waals surface area contributed by atoms with Gasteiger partial charge in [0.2, 0.25) is 5.60 Å². The maximum Gasteiger partial charge on any atom is 0.366 e. The van der Waals surface area contributed by atoms with Gasteiger partial charge >= 0.3 is 5.63 Å². The summed E-state index contributed by atoms with van der Waals surface area (Å²) in [6.07, 6.45) is 0.450. The van der Waals surface area contributed by atoms with Gasteiger partial charge in [-0.3, -0.25) is 4.79 Å². The first-order chi connectivity index (χ1) is 16.5. The molecule has 0 aliphatic rings. The van der Waals surface area contributed by atoms with Gasteiger partial charge in [0.1, 0.15) is 5.82 Å². The number of fused-ring (bicyclic) bond motifs is 1. The van der Waals surface area contributed by atoms with Gasteiger partial charge in [0, 0.05) is 35.5 Å². The zero-order valence-electron chi connectivity index (χ0n) is 19.6. The van der Waals surface area contributed by atoms with Crippen molar-refractivity contribution in [1.29, 1.82) is 0 Å². The van der Waals surface area contributed by atoms with Crippen LogP contribution >= 0.6 is 11.6 Å². The van der Waals surface area contributed by atoms with Gasteiger partial charge in [-0.05, 0) is 60.7 Å². The van der Waals surface area contributed by atoms with Crippen LogP contribution in [0.15, 0.2) is 45.7 Å². The van der Waals surface area contributed by atoms with Crippen molar-refractivity contribution in [3.05, 3.63) is 68.9 Å². The van der Waals surface area contributed by atoms with E-state index in [-0.39, 0.29) is 19.4 Å². The predicted molar refractivity (Wildman–Crippen MR) is 132 cm³/mol. The summed E-state index contributed by atoms with van der Waals surface area (Å²) in [6, 6.07) is 8.47. The molecule has 1 atom stereocenters. The third-order valence-electron chi connectivity index (χ3n) is 5.64. The lowest BCUT2D eigenvalue weighted by atomic mass is 9.75. The Morgan fingerprint density at radius 2 is 1.97 bits per heavy atom. The SMILES string of the molecule is Cc1noc(=O)c2ccc(NC(=O)C(O)(C#CCCCO)CC(C)(C)c3cc(F)ccc3Cl)cc12. The van der Waals surface area contributed by atoms with Gasteiger partial charge in [-0.2, -0.15) is 0 Å². The molecule has 3 aromatic rings. The molecule has 1 amide bonds. The van der Waals surface area contributed by atoms with Gasteiger partial charge in [-0.25, -0.2) is 9.18 Å². The van der Waals surface area contributed by atoms with Crippen LogP contribution in [0, 0.1) is 24.6 Å². The number of carbonyl (C=O) groups excluding carboxylic acids is 1. The molecule has 0 saturated carbocycles. The molecule has 3 rings (SSSR count). The van der Waals surface area contributed by atoms with E-state index in [1.165, 1.54) is 30.3 Å². The van der Waals surface area contributed by atoms with Crippen molar-refractivity contribution in [3.8, 4) is 11.8 Å². The first kappa shape index (κ1) is 26.4. The van der Waals surface area contributed by atoms with E-state index in [9.17, 15) is 19.1 Å². The fourth-order valence-electron chi connectivity index (χ4n) is 3.85. The number of hydrogen-bond donors (Lipinski definition) is 3. The molecule has 1 unspecified atom stereocenters. The van der Waals surface area contributed by atoms with Crippen molar-refractivity contribution in [2.45, 2.75) is 51.0 Å². The topological polar surface area (TPSA) is 113 Å². The number of aryl methyl sites for hydroxylation is 1. The van der Waals surface area contributed by atoms with Crippen LogP contribution in [0.4, 0.5) is 10.1 Å². The number of anilines is 1. The van der Waals surface area contributed by atoms with Gasteiger partial charge in [0.15, 0.2) is 0 Å². The number of aromatic nitrogens is 1. The number of carbonyl (C=O) groups is 1. The molecule has 0 bridgehead atoms. The Bertz CT molecular complexity index is 1380. The second-order valence-corrected chi connectivity index (χ2v) is 9.35. The van der Waals surface area contributed by atoms with Crippen molar-refractivity contribution in [2.75, 3.05) is 11.9 Å². The number of hydrogen-bond acceptors (Lipinski definition) is 6. The van der Waals surface area contributed by atoms with E-state index in [1.807, 2.05) is 0 Å². The summed E-state index contributed by atoms with van der Waals surface area (Å²) < 4.78 is 18.7. The summed E-state index contributed by atoms with van der Waals surface area (Å²) in [5.74, 6) is 4.09. The number of aliphatic hydroxyl groups is 2. The minimum absolute atomic E-state index is 0.0812. The van der Waals surface area contributed by atoms with Crippen LogP contribution in [-0.2, 0) is 10.2 Å². The summed E-state index contributed by atoms with van der Waals surface area (Å²) in [4.78, 5) is 25.2. The highest BCUT2D eigenvalue weighted by atomic mass is 35.5. The molecule has 3 N–H and O–H groups in total. The van der Waals surface area contributed by atoms with Crippen LogP contribution in [0.2, 0.25) is 5.02 Å². The minimum Gasteiger partial charge on any atom is -0.396 e. The number of unbranched alkanes of at least 4 members (excludes halogenated alkanes) is 1. The third-order valence-corrected chi connectivity index (χ3v) is 5.97. The largest absolute Gasteiger partial charge is 0.396 e. The second kappa shape index (κ2) is 10.6. The summed E-state index contributed by atoms with van der Waals surface area (Å²) in [5, 5.41) is 27.9. The molecular formula is C26H26ClFN2O5. The van der Waals surface area contributed by atoms with E-state index in [4.69, 9.17) is 21.2 Å². The lowest BCUT2D eigenvalue weighted by Gasteiger charge is -2.33. The van der Waals surface area contributed by atoms with E-state index >= 15 is 0 Å². The number of rotatable bonds is 7. The first-order valence-electron chi connectivity index (χ1n) is 11.0. The molecular weight excluding hydrogens is 475 g/mol. The van der Waals surface area contributed by atoms with Crippen LogP contribution in [-0.4, -0.2) is 33.5 Å².